The molecule has 17 heavy (non-hydrogen) atoms. The average molecular weight is 338 g/mol. The summed E-state index contributed by atoms with van der Waals surface area (Å²) < 4.78 is 91.8. The van der Waals surface area contributed by atoms with Gasteiger partial charge in [0.05, 0.1) is 12.4 Å². The maximum absolute atomic E-state index is 10.5. The van der Waals surface area contributed by atoms with Crippen molar-refractivity contribution >= 4 is 30.6 Å². The largest absolute Gasteiger partial charge is 1.00 e. The second kappa shape index (κ2) is 7.20. The van der Waals surface area contributed by atoms with Crippen LogP contribution in [0.15, 0.2) is 0 Å². The molecule has 0 aliphatic carbocycles. The van der Waals surface area contributed by atoms with Gasteiger partial charge in [-0.2, -0.15) is 16.8 Å². The van der Waals surface area contributed by atoms with Crippen molar-refractivity contribution in [3.05, 3.63) is 0 Å². The summed E-state index contributed by atoms with van der Waals surface area (Å²) in [7, 11) is -15.0. The minimum Gasteiger partial charge on any atom is -0.726 e. The standard InChI is InChI=1S/C3H8O10S3.K/c4-14(5,6)2-3(15(7,8)9)1-13-16(10,11)12;/h3H,1-2H2,(H,4,5,6)(H,7,8,9)(H,10,11,12);/q;+1/p-1. The van der Waals surface area contributed by atoms with Gasteiger partial charge >= 0.3 is 51.4 Å². The van der Waals surface area contributed by atoms with Gasteiger partial charge in [-0.05, 0) is 0 Å². The molecule has 0 aromatic heterocycles. The van der Waals surface area contributed by atoms with Crippen LogP contribution in [0.1, 0.15) is 0 Å². The molecule has 98 valence electrons. The van der Waals surface area contributed by atoms with Crippen LogP contribution in [-0.4, -0.2) is 56.5 Å². The van der Waals surface area contributed by atoms with Gasteiger partial charge in [0, 0.05) is 0 Å². The van der Waals surface area contributed by atoms with Crippen LogP contribution >= 0.6 is 0 Å². The molecule has 0 fully saturated rings. The van der Waals surface area contributed by atoms with Crippen LogP contribution in [0.5, 0.6) is 0 Å². The first-order valence-corrected chi connectivity index (χ1v) is 7.77. The van der Waals surface area contributed by atoms with Crippen molar-refractivity contribution < 1.29 is 94.5 Å². The Morgan fingerprint density at radius 3 is 1.71 bits per heavy atom. The molecule has 0 radical (unpaired) electrons. The molecule has 1 unspecified atom stereocenters. The molecule has 10 nitrogen and oxygen atoms in total. The molecule has 0 aromatic carbocycles. The van der Waals surface area contributed by atoms with Gasteiger partial charge in [0.1, 0.15) is 5.25 Å². The summed E-state index contributed by atoms with van der Waals surface area (Å²) in [5, 5.41) is -2.27. The zero-order chi connectivity index (χ0) is 13.2. The van der Waals surface area contributed by atoms with E-state index in [0.717, 1.165) is 0 Å². The van der Waals surface area contributed by atoms with Gasteiger partial charge in [-0.25, -0.2) is 8.42 Å². The second-order valence-electron chi connectivity index (χ2n) is 2.58. The van der Waals surface area contributed by atoms with E-state index in [1.54, 1.807) is 0 Å². The molecule has 0 heterocycles. The molecule has 0 saturated heterocycles. The number of rotatable bonds is 6. The zero-order valence-corrected chi connectivity index (χ0v) is 13.9. The van der Waals surface area contributed by atoms with Gasteiger partial charge in [0.15, 0.2) is 0 Å². The summed E-state index contributed by atoms with van der Waals surface area (Å²) in [5.74, 6) is -1.50. The van der Waals surface area contributed by atoms with Crippen molar-refractivity contribution in [2.45, 2.75) is 5.25 Å². The molecule has 0 aliphatic heterocycles. The van der Waals surface area contributed by atoms with E-state index >= 15 is 0 Å². The third-order valence-electron chi connectivity index (χ3n) is 1.22. The minimum absolute atomic E-state index is 0. The molecule has 0 aliphatic rings. The van der Waals surface area contributed by atoms with Gasteiger partial charge in [-0.3, -0.25) is 13.3 Å². The first-order chi connectivity index (χ1) is 6.81. The fourth-order valence-corrected chi connectivity index (χ4v) is 3.04. The first-order valence-electron chi connectivity index (χ1n) is 3.33. The smallest absolute Gasteiger partial charge is 0.726 e. The topological polar surface area (TPSA) is 175 Å². The molecule has 0 spiro atoms. The van der Waals surface area contributed by atoms with Crippen LogP contribution in [0, 0.1) is 0 Å². The second-order valence-corrected chi connectivity index (χ2v) is 6.82. The molecule has 14 heteroatoms. The van der Waals surface area contributed by atoms with Crippen molar-refractivity contribution in [3.63, 3.8) is 0 Å². The summed E-state index contributed by atoms with van der Waals surface area (Å²) in [6.07, 6.45) is 0. The molecular formula is C3H7KO10S3. The third-order valence-corrected chi connectivity index (χ3v) is 3.82. The molecule has 0 bridgehead atoms. The average Bonchev–Trinajstić information content (AvgIpc) is 1.91. The van der Waals surface area contributed by atoms with Gasteiger partial charge in [0.25, 0.3) is 20.2 Å². The van der Waals surface area contributed by atoms with Crippen LogP contribution in [-0.2, 0) is 34.8 Å². The van der Waals surface area contributed by atoms with E-state index < -0.39 is 48.2 Å². The summed E-state index contributed by atoms with van der Waals surface area (Å²) in [5.41, 5.74) is 0. The molecule has 2 N–H and O–H groups in total. The van der Waals surface area contributed by atoms with E-state index in [-0.39, 0.29) is 51.4 Å². The monoisotopic (exact) mass is 338 g/mol. The van der Waals surface area contributed by atoms with Crippen molar-refractivity contribution in [1.29, 1.82) is 0 Å². The van der Waals surface area contributed by atoms with Crippen molar-refractivity contribution in [3.8, 4) is 0 Å². The molecule has 0 aromatic rings. The minimum atomic E-state index is -5.24. The fourth-order valence-electron chi connectivity index (χ4n) is 0.614. The zero-order valence-electron chi connectivity index (χ0n) is 8.38. The SMILES string of the molecule is O=S(=O)(O)CC(COS(=O)(=O)[O-])S(=O)(=O)O.[K+]. The van der Waals surface area contributed by atoms with Crippen LogP contribution in [0.25, 0.3) is 0 Å². The Kier molecular flexibility index (Phi) is 8.74. The fraction of sp³-hybridized carbons (Fsp3) is 1.00. The van der Waals surface area contributed by atoms with Crippen molar-refractivity contribution in [2.75, 3.05) is 12.4 Å². The van der Waals surface area contributed by atoms with E-state index in [0.29, 0.717) is 0 Å². The number of hydrogen-bond acceptors (Lipinski definition) is 8. The Hall–Kier alpha value is 1.33. The van der Waals surface area contributed by atoms with Gasteiger partial charge in [0.2, 0.25) is 10.4 Å². The van der Waals surface area contributed by atoms with E-state index in [4.69, 9.17) is 9.11 Å². The van der Waals surface area contributed by atoms with E-state index in [9.17, 15) is 29.8 Å². The summed E-state index contributed by atoms with van der Waals surface area (Å²) in [4.78, 5) is 0. The van der Waals surface area contributed by atoms with Gasteiger partial charge in [-0.1, -0.05) is 0 Å². The first kappa shape index (κ1) is 20.6. The van der Waals surface area contributed by atoms with Gasteiger partial charge < -0.3 is 4.55 Å². The Morgan fingerprint density at radius 1 is 1.06 bits per heavy atom. The van der Waals surface area contributed by atoms with E-state index in [1.165, 1.54) is 0 Å². The maximum Gasteiger partial charge on any atom is 1.00 e. The van der Waals surface area contributed by atoms with Crippen LogP contribution in [0.2, 0.25) is 0 Å². The van der Waals surface area contributed by atoms with E-state index in [2.05, 4.69) is 4.18 Å². The Bertz CT molecular complexity index is 527. The van der Waals surface area contributed by atoms with Gasteiger partial charge in [-0.15, -0.1) is 0 Å². The van der Waals surface area contributed by atoms with Crippen LogP contribution in [0.4, 0.5) is 0 Å². The molecular weight excluding hydrogens is 331 g/mol. The summed E-state index contributed by atoms with van der Waals surface area (Å²) >= 11 is 0. The molecule has 0 amide bonds. The Morgan fingerprint density at radius 2 is 1.47 bits per heavy atom. The summed E-state index contributed by atoms with van der Waals surface area (Å²) in [6, 6.07) is 0. The van der Waals surface area contributed by atoms with Crippen LogP contribution in [0.3, 0.4) is 0 Å². The Labute approximate surface area is 141 Å². The predicted octanol–water partition coefficient (Wildman–Crippen LogP) is -5.39. The molecule has 0 rings (SSSR count). The predicted molar refractivity (Wildman–Crippen MR) is 47.4 cm³/mol. The third kappa shape index (κ3) is 12.1. The summed E-state index contributed by atoms with van der Waals surface area (Å²) in [6.45, 7) is -1.41. The molecule has 1 atom stereocenters. The Balaban J connectivity index is 0. The van der Waals surface area contributed by atoms with Crippen molar-refractivity contribution in [2.24, 2.45) is 0 Å². The maximum atomic E-state index is 10.5. The van der Waals surface area contributed by atoms with Crippen molar-refractivity contribution in [1.82, 2.24) is 0 Å². The number of hydrogen-bond donors (Lipinski definition) is 2. The quantitative estimate of drug-likeness (QED) is 0.270. The molecule has 0 saturated carbocycles. The normalized spacial score (nSPS) is 15.0. The van der Waals surface area contributed by atoms with E-state index in [1.807, 2.05) is 0 Å². The van der Waals surface area contributed by atoms with Crippen LogP contribution < -0.4 is 51.4 Å².